The number of nitrogens with zero attached hydrogens (tertiary/aromatic N) is 3. The zero-order chi connectivity index (χ0) is 16.5. The van der Waals surface area contributed by atoms with Crippen molar-refractivity contribution in [2.45, 2.75) is 50.7 Å². The van der Waals surface area contributed by atoms with Crippen molar-refractivity contribution in [3.8, 4) is 0 Å². The maximum Gasteiger partial charge on any atom is 0.193 e. The molecule has 140 valence electrons. The second-order valence-electron chi connectivity index (χ2n) is 6.73. The third kappa shape index (κ3) is 6.88. The van der Waals surface area contributed by atoms with Crippen LogP contribution in [0.5, 0.6) is 0 Å². The zero-order valence-electron chi connectivity index (χ0n) is 15.4. The first kappa shape index (κ1) is 21.7. The van der Waals surface area contributed by atoms with Crippen molar-refractivity contribution in [3.05, 3.63) is 12.7 Å². The summed E-state index contributed by atoms with van der Waals surface area (Å²) in [6.45, 7) is 8.84. The second-order valence-corrected chi connectivity index (χ2v) is 6.73. The third-order valence-corrected chi connectivity index (χ3v) is 4.92. The lowest BCUT2D eigenvalue weighted by Crippen LogP contribution is -2.51. The molecule has 0 radical (unpaired) electrons. The van der Waals surface area contributed by atoms with E-state index in [1.165, 1.54) is 38.6 Å². The Hall–Kier alpha value is -0.340. The number of morpholine rings is 1. The van der Waals surface area contributed by atoms with Gasteiger partial charge >= 0.3 is 0 Å². The van der Waals surface area contributed by atoms with E-state index < -0.39 is 0 Å². The Morgan fingerprint density at radius 1 is 1.42 bits per heavy atom. The van der Waals surface area contributed by atoms with Gasteiger partial charge in [-0.05, 0) is 38.6 Å². The third-order valence-electron chi connectivity index (χ3n) is 4.92. The first-order valence-corrected chi connectivity index (χ1v) is 9.13. The lowest BCUT2D eigenvalue weighted by atomic mass is 10.2. The van der Waals surface area contributed by atoms with E-state index in [1.54, 1.807) is 0 Å². The number of nitrogens with one attached hydrogen (secondary N) is 1. The summed E-state index contributed by atoms with van der Waals surface area (Å²) in [4.78, 5) is 9.20. The molecule has 6 heteroatoms. The SMILES string of the molecule is C=CCCCCCN(C)C(=NC)NCC1CN2CCCC2CO1.I. The molecule has 1 N–H and O–H groups in total. The monoisotopic (exact) mass is 450 g/mol. The topological polar surface area (TPSA) is 40.1 Å². The molecule has 2 atom stereocenters. The summed E-state index contributed by atoms with van der Waals surface area (Å²) in [5, 5.41) is 3.48. The normalized spacial score (nSPS) is 24.2. The Balaban J connectivity index is 0.00000288. The number of rotatable bonds is 8. The second kappa shape index (κ2) is 12.1. The summed E-state index contributed by atoms with van der Waals surface area (Å²) in [6, 6.07) is 0.670. The van der Waals surface area contributed by atoms with E-state index in [-0.39, 0.29) is 30.1 Å². The predicted molar refractivity (Wildman–Crippen MR) is 112 cm³/mol. The molecule has 0 aromatic rings. The Morgan fingerprint density at radius 3 is 3.00 bits per heavy atom. The number of guanidine groups is 1. The average Bonchev–Trinajstić information content (AvgIpc) is 3.03. The van der Waals surface area contributed by atoms with Crippen molar-refractivity contribution in [3.63, 3.8) is 0 Å². The molecule has 2 aliphatic heterocycles. The fourth-order valence-electron chi connectivity index (χ4n) is 3.52. The zero-order valence-corrected chi connectivity index (χ0v) is 17.7. The molecule has 0 amide bonds. The summed E-state index contributed by atoms with van der Waals surface area (Å²) >= 11 is 0. The van der Waals surface area contributed by atoms with Crippen LogP contribution in [0.15, 0.2) is 17.6 Å². The van der Waals surface area contributed by atoms with E-state index in [4.69, 9.17) is 4.74 Å². The van der Waals surface area contributed by atoms with E-state index in [1.807, 2.05) is 13.1 Å². The van der Waals surface area contributed by atoms with Gasteiger partial charge in [0.2, 0.25) is 0 Å². The molecule has 2 saturated heterocycles. The van der Waals surface area contributed by atoms with Gasteiger partial charge in [0.15, 0.2) is 5.96 Å². The molecular formula is C18H35IN4O. The van der Waals surface area contributed by atoms with E-state index >= 15 is 0 Å². The highest BCUT2D eigenvalue weighted by Crippen LogP contribution is 2.22. The first-order chi connectivity index (χ1) is 11.2. The van der Waals surface area contributed by atoms with Gasteiger partial charge in [-0.15, -0.1) is 30.6 Å². The molecule has 2 fully saturated rings. The van der Waals surface area contributed by atoms with Crippen LogP contribution in [0, 0.1) is 0 Å². The number of allylic oxidation sites excluding steroid dienone is 1. The highest BCUT2D eigenvalue weighted by molar-refractivity contribution is 14.0. The minimum atomic E-state index is 0. The van der Waals surface area contributed by atoms with Gasteiger partial charge in [0, 0.05) is 39.8 Å². The van der Waals surface area contributed by atoms with Gasteiger partial charge in [-0.25, -0.2) is 0 Å². The molecule has 0 bridgehead atoms. The van der Waals surface area contributed by atoms with Crippen LogP contribution in [-0.2, 0) is 4.74 Å². The summed E-state index contributed by atoms with van der Waals surface area (Å²) in [7, 11) is 3.97. The molecule has 0 saturated carbocycles. The van der Waals surface area contributed by atoms with Crippen LogP contribution in [0.1, 0.15) is 38.5 Å². The number of aliphatic imine (C=N–C) groups is 1. The fraction of sp³-hybridized carbons (Fsp3) is 0.833. The molecule has 0 aliphatic carbocycles. The van der Waals surface area contributed by atoms with Crippen LogP contribution >= 0.6 is 24.0 Å². The number of hydrogen-bond donors (Lipinski definition) is 1. The van der Waals surface area contributed by atoms with Crippen LogP contribution < -0.4 is 5.32 Å². The van der Waals surface area contributed by atoms with Crippen molar-refractivity contribution in [1.82, 2.24) is 15.1 Å². The maximum atomic E-state index is 6.00. The molecule has 2 unspecified atom stereocenters. The number of unbranched alkanes of at least 4 members (excludes halogenated alkanes) is 3. The summed E-state index contributed by atoms with van der Waals surface area (Å²) in [6.07, 6.45) is 9.70. The van der Waals surface area contributed by atoms with Crippen molar-refractivity contribution in [2.75, 3.05) is 46.9 Å². The van der Waals surface area contributed by atoms with Crippen molar-refractivity contribution in [2.24, 2.45) is 4.99 Å². The fourth-order valence-corrected chi connectivity index (χ4v) is 3.52. The summed E-state index contributed by atoms with van der Waals surface area (Å²) in [5.74, 6) is 0.973. The van der Waals surface area contributed by atoms with Crippen LogP contribution in [0.2, 0.25) is 0 Å². The van der Waals surface area contributed by atoms with Crippen LogP contribution in [0.4, 0.5) is 0 Å². The Morgan fingerprint density at radius 2 is 2.25 bits per heavy atom. The van der Waals surface area contributed by atoms with Gasteiger partial charge < -0.3 is 15.0 Å². The molecule has 2 heterocycles. The van der Waals surface area contributed by atoms with Gasteiger partial charge in [-0.2, -0.15) is 0 Å². The molecule has 5 nitrogen and oxygen atoms in total. The standard InChI is InChI=1S/C18H34N4O.HI/c1-4-5-6-7-8-11-21(3)18(19-2)20-13-17-14-22-12-9-10-16(22)15-23-17;/h4,16-17H,1,5-15H2,2-3H3,(H,19,20);1H. The lowest BCUT2D eigenvalue weighted by molar-refractivity contribution is -0.0454. The molecular weight excluding hydrogens is 415 g/mol. The van der Waals surface area contributed by atoms with Crippen LogP contribution in [0.25, 0.3) is 0 Å². The maximum absolute atomic E-state index is 6.00. The van der Waals surface area contributed by atoms with Crippen molar-refractivity contribution in [1.29, 1.82) is 0 Å². The quantitative estimate of drug-likeness (QED) is 0.203. The summed E-state index contributed by atoms with van der Waals surface area (Å²) < 4.78 is 6.00. The molecule has 2 rings (SSSR count). The first-order valence-electron chi connectivity index (χ1n) is 9.13. The van der Waals surface area contributed by atoms with E-state index in [0.717, 1.165) is 38.6 Å². The van der Waals surface area contributed by atoms with Gasteiger partial charge in [0.25, 0.3) is 0 Å². The largest absolute Gasteiger partial charge is 0.373 e. The molecule has 0 aromatic carbocycles. The molecule has 2 aliphatic rings. The highest BCUT2D eigenvalue weighted by Gasteiger charge is 2.32. The Kier molecular flexibility index (Phi) is 10.9. The van der Waals surface area contributed by atoms with Crippen molar-refractivity contribution >= 4 is 29.9 Å². The van der Waals surface area contributed by atoms with Gasteiger partial charge in [-0.3, -0.25) is 9.89 Å². The van der Waals surface area contributed by atoms with Gasteiger partial charge in [0.05, 0.1) is 12.7 Å². The minimum absolute atomic E-state index is 0. The van der Waals surface area contributed by atoms with Gasteiger partial charge in [-0.1, -0.05) is 12.5 Å². The van der Waals surface area contributed by atoms with E-state index in [9.17, 15) is 0 Å². The summed E-state index contributed by atoms with van der Waals surface area (Å²) in [5.41, 5.74) is 0. The predicted octanol–water partition coefficient (Wildman–Crippen LogP) is 2.72. The Labute approximate surface area is 164 Å². The van der Waals surface area contributed by atoms with Crippen molar-refractivity contribution < 1.29 is 4.74 Å². The molecule has 0 spiro atoms. The van der Waals surface area contributed by atoms with E-state index in [2.05, 4.69) is 33.7 Å². The smallest absolute Gasteiger partial charge is 0.193 e. The van der Waals surface area contributed by atoms with E-state index in [0.29, 0.717) is 6.04 Å². The van der Waals surface area contributed by atoms with Crippen LogP contribution in [0.3, 0.4) is 0 Å². The van der Waals surface area contributed by atoms with Gasteiger partial charge in [0.1, 0.15) is 0 Å². The highest BCUT2D eigenvalue weighted by atomic mass is 127. The number of fused-ring (bicyclic) bond motifs is 1. The lowest BCUT2D eigenvalue weighted by Gasteiger charge is -2.35. The van der Waals surface area contributed by atoms with Crippen LogP contribution in [-0.4, -0.2) is 74.8 Å². The Bertz CT molecular complexity index is 391. The average molecular weight is 450 g/mol. The number of halogens is 1. The number of hydrogen-bond acceptors (Lipinski definition) is 3. The minimum Gasteiger partial charge on any atom is -0.373 e. The number of ether oxygens (including phenoxy) is 1. The molecule has 24 heavy (non-hydrogen) atoms. The molecule has 0 aromatic heterocycles.